The number of benzene rings is 2. The second-order valence-electron chi connectivity index (χ2n) is 5.32. The molecule has 24 heavy (non-hydrogen) atoms. The van der Waals surface area contributed by atoms with Crippen molar-refractivity contribution in [3.63, 3.8) is 0 Å². The molecule has 0 aliphatic rings. The first-order valence-electron chi connectivity index (χ1n) is 7.90. The van der Waals surface area contributed by atoms with Crippen molar-refractivity contribution < 1.29 is 13.2 Å². The number of sulfonamides is 1. The maximum atomic E-state index is 12.2. The van der Waals surface area contributed by atoms with Gasteiger partial charge in [0.1, 0.15) is 12.4 Å². The lowest BCUT2D eigenvalue weighted by Crippen LogP contribution is -2.28. The quantitative estimate of drug-likeness (QED) is 0.543. The van der Waals surface area contributed by atoms with Gasteiger partial charge in [-0.25, -0.2) is 13.1 Å². The summed E-state index contributed by atoms with van der Waals surface area (Å²) >= 11 is 1.58. The highest BCUT2D eigenvalue weighted by Gasteiger charge is 2.13. The monoisotopic (exact) mass is 365 g/mol. The lowest BCUT2D eigenvalue weighted by molar-refractivity contribution is 0.322. The van der Waals surface area contributed by atoms with E-state index in [4.69, 9.17) is 4.74 Å². The summed E-state index contributed by atoms with van der Waals surface area (Å²) in [4.78, 5) is 1.30. The molecule has 0 aromatic heterocycles. The van der Waals surface area contributed by atoms with Gasteiger partial charge in [0.15, 0.2) is 0 Å². The van der Waals surface area contributed by atoms with Crippen LogP contribution in [0.25, 0.3) is 0 Å². The second kappa shape index (κ2) is 9.11. The van der Waals surface area contributed by atoms with Gasteiger partial charge in [-0.3, -0.25) is 0 Å². The van der Waals surface area contributed by atoms with Gasteiger partial charge in [0, 0.05) is 11.4 Å². The highest BCUT2D eigenvalue weighted by molar-refractivity contribution is 7.98. The molecule has 2 aromatic rings. The van der Waals surface area contributed by atoms with Crippen molar-refractivity contribution in [3.8, 4) is 5.75 Å². The minimum Gasteiger partial charge on any atom is -0.492 e. The Hall–Kier alpha value is -1.50. The maximum absolute atomic E-state index is 12.2. The lowest BCUT2D eigenvalue weighted by atomic mass is 10.1. The third kappa shape index (κ3) is 5.54. The van der Waals surface area contributed by atoms with Gasteiger partial charge in [-0.15, -0.1) is 11.8 Å². The van der Waals surface area contributed by atoms with Gasteiger partial charge in [0.2, 0.25) is 10.0 Å². The average Bonchev–Trinajstić information content (AvgIpc) is 2.60. The number of nitrogens with one attached hydrogen (secondary N) is 1. The van der Waals surface area contributed by atoms with Crippen LogP contribution in [0.5, 0.6) is 5.75 Å². The van der Waals surface area contributed by atoms with Crippen LogP contribution < -0.4 is 9.46 Å². The molecule has 0 atom stereocenters. The van der Waals surface area contributed by atoms with E-state index in [9.17, 15) is 8.42 Å². The zero-order valence-electron chi connectivity index (χ0n) is 14.0. The van der Waals surface area contributed by atoms with Gasteiger partial charge in [-0.05, 0) is 54.6 Å². The standard InChI is InChI=1S/C18H23NO3S2/c1-3-4-15-5-7-16(8-6-15)22-14-13-19-24(20,21)18-11-9-17(23-2)10-12-18/h5-12,19H,3-4,13-14H2,1-2H3. The van der Waals surface area contributed by atoms with Gasteiger partial charge in [0.25, 0.3) is 0 Å². The number of rotatable bonds is 9. The maximum Gasteiger partial charge on any atom is 0.240 e. The molecule has 2 rings (SSSR count). The van der Waals surface area contributed by atoms with Crippen molar-refractivity contribution in [1.82, 2.24) is 4.72 Å². The fourth-order valence-corrected chi connectivity index (χ4v) is 3.65. The zero-order chi connectivity index (χ0) is 17.4. The summed E-state index contributed by atoms with van der Waals surface area (Å²) in [5.41, 5.74) is 1.28. The first-order valence-corrected chi connectivity index (χ1v) is 10.6. The number of thioether (sulfide) groups is 1. The molecule has 0 radical (unpaired) electrons. The van der Waals surface area contributed by atoms with Gasteiger partial charge in [-0.1, -0.05) is 25.5 Å². The predicted molar refractivity (Wildman–Crippen MR) is 99.3 cm³/mol. The summed E-state index contributed by atoms with van der Waals surface area (Å²) < 4.78 is 32.5. The lowest BCUT2D eigenvalue weighted by Gasteiger charge is -2.09. The van der Waals surface area contributed by atoms with E-state index in [0.717, 1.165) is 23.5 Å². The van der Waals surface area contributed by atoms with Crippen LogP contribution in [0.2, 0.25) is 0 Å². The van der Waals surface area contributed by atoms with Gasteiger partial charge in [-0.2, -0.15) is 0 Å². The SMILES string of the molecule is CCCc1ccc(OCCNS(=O)(=O)c2ccc(SC)cc2)cc1. The van der Waals surface area contributed by atoms with Crippen LogP contribution in [-0.4, -0.2) is 27.8 Å². The number of aryl methyl sites for hydroxylation is 1. The van der Waals surface area contributed by atoms with E-state index < -0.39 is 10.0 Å². The molecule has 0 fully saturated rings. The molecule has 1 N–H and O–H groups in total. The van der Waals surface area contributed by atoms with Crippen molar-refractivity contribution in [2.75, 3.05) is 19.4 Å². The van der Waals surface area contributed by atoms with Crippen LogP contribution >= 0.6 is 11.8 Å². The molecule has 0 aliphatic heterocycles. The average molecular weight is 366 g/mol. The third-order valence-corrected chi connectivity index (χ3v) is 5.72. The highest BCUT2D eigenvalue weighted by Crippen LogP contribution is 2.17. The minimum atomic E-state index is -3.49. The summed E-state index contributed by atoms with van der Waals surface area (Å²) in [5, 5.41) is 0. The van der Waals surface area contributed by atoms with E-state index in [1.54, 1.807) is 36.0 Å². The predicted octanol–water partition coefficient (Wildman–Crippen LogP) is 3.72. The number of hydrogen-bond acceptors (Lipinski definition) is 4. The molecular weight excluding hydrogens is 342 g/mol. The van der Waals surface area contributed by atoms with Crippen molar-refractivity contribution in [2.24, 2.45) is 0 Å². The summed E-state index contributed by atoms with van der Waals surface area (Å²) in [7, 11) is -3.49. The van der Waals surface area contributed by atoms with Gasteiger partial charge >= 0.3 is 0 Å². The first-order chi connectivity index (χ1) is 11.5. The molecule has 0 heterocycles. The topological polar surface area (TPSA) is 55.4 Å². The molecule has 6 heteroatoms. The Morgan fingerprint density at radius 3 is 2.29 bits per heavy atom. The molecule has 0 spiro atoms. The summed E-state index contributed by atoms with van der Waals surface area (Å²) in [5.74, 6) is 0.748. The molecule has 130 valence electrons. The van der Waals surface area contributed by atoms with Crippen molar-refractivity contribution in [1.29, 1.82) is 0 Å². The third-order valence-electron chi connectivity index (χ3n) is 3.49. The van der Waals surface area contributed by atoms with E-state index in [-0.39, 0.29) is 18.0 Å². The Bertz CT molecular complexity index is 726. The molecule has 0 saturated heterocycles. The largest absolute Gasteiger partial charge is 0.492 e. The van der Waals surface area contributed by atoms with E-state index in [1.807, 2.05) is 30.5 Å². The van der Waals surface area contributed by atoms with Gasteiger partial charge in [0.05, 0.1) is 4.90 Å². The Labute approximate surface area is 148 Å². The van der Waals surface area contributed by atoms with E-state index >= 15 is 0 Å². The van der Waals surface area contributed by atoms with Crippen molar-refractivity contribution in [3.05, 3.63) is 54.1 Å². The van der Waals surface area contributed by atoms with Crippen molar-refractivity contribution in [2.45, 2.75) is 29.6 Å². The molecule has 4 nitrogen and oxygen atoms in total. The molecule has 0 aliphatic carbocycles. The van der Waals surface area contributed by atoms with E-state index in [2.05, 4.69) is 11.6 Å². The summed E-state index contributed by atoms with van der Waals surface area (Å²) in [6.45, 7) is 2.66. The van der Waals surface area contributed by atoms with Crippen LogP contribution in [0.3, 0.4) is 0 Å². The normalized spacial score (nSPS) is 11.4. The van der Waals surface area contributed by atoms with Crippen LogP contribution in [-0.2, 0) is 16.4 Å². The van der Waals surface area contributed by atoms with E-state index in [0.29, 0.717) is 0 Å². The molecule has 0 unspecified atom stereocenters. The first kappa shape index (κ1) is 18.8. The van der Waals surface area contributed by atoms with E-state index in [1.165, 1.54) is 5.56 Å². The Balaban J connectivity index is 1.81. The highest BCUT2D eigenvalue weighted by atomic mass is 32.2. The summed E-state index contributed by atoms with van der Waals surface area (Å²) in [6, 6.07) is 14.7. The fraction of sp³-hybridized carbons (Fsp3) is 0.333. The van der Waals surface area contributed by atoms with Crippen LogP contribution in [0.15, 0.2) is 58.3 Å². The Morgan fingerprint density at radius 1 is 1.04 bits per heavy atom. The minimum absolute atomic E-state index is 0.226. The second-order valence-corrected chi connectivity index (χ2v) is 7.96. The van der Waals surface area contributed by atoms with Crippen molar-refractivity contribution >= 4 is 21.8 Å². The molecule has 0 amide bonds. The van der Waals surface area contributed by atoms with Gasteiger partial charge < -0.3 is 4.74 Å². The molecule has 2 aromatic carbocycles. The molecule has 0 bridgehead atoms. The smallest absolute Gasteiger partial charge is 0.240 e. The van der Waals surface area contributed by atoms with Crippen LogP contribution in [0, 0.1) is 0 Å². The molecule has 0 saturated carbocycles. The molecular formula is C18H23NO3S2. The fourth-order valence-electron chi connectivity index (χ4n) is 2.22. The number of ether oxygens (including phenoxy) is 1. The number of hydrogen-bond donors (Lipinski definition) is 1. The zero-order valence-corrected chi connectivity index (χ0v) is 15.6. The van der Waals surface area contributed by atoms with Crippen LogP contribution in [0.4, 0.5) is 0 Å². The summed E-state index contributed by atoms with van der Waals surface area (Å²) in [6.07, 6.45) is 4.11. The van der Waals surface area contributed by atoms with Crippen LogP contribution in [0.1, 0.15) is 18.9 Å². The Morgan fingerprint density at radius 2 is 1.71 bits per heavy atom. The Kier molecular flexibility index (Phi) is 7.15.